The van der Waals surface area contributed by atoms with Crippen LogP contribution in [0.1, 0.15) is 5.56 Å². The fraction of sp³-hybridized carbons (Fsp3) is 0.143. The average Bonchev–Trinajstić information content (AvgIpc) is 2.00. The first-order valence-corrected chi connectivity index (χ1v) is 3.49. The fourth-order valence-electron chi connectivity index (χ4n) is 0.777. The van der Waals surface area contributed by atoms with E-state index in [9.17, 15) is 13.7 Å². The number of aryl methyl sites for hydroxylation is 1. The van der Waals surface area contributed by atoms with Crippen LogP contribution in [-0.4, -0.2) is 4.17 Å². The van der Waals surface area contributed by atoms with E-state index >= 15 is 0 Å². The lowest BCUT2D eigenvalue weighted by Crippen LogP contribution is -1.97. The molecule has 0 aromatic heterocycles. The van der Waals surface area contributed by atoms with Crippen molar-refractivity contribution < 1.29 is 12.9 Å². The third-order valence-electron chi connectivity index (χ3n) is 1.45. The van der Waals surface area contributed by atoms with Crippen LogP contribution in [0.2, 0.25) is 0 Å². The molecule has 0 aliphatic heterocycles. The molecule has 1 aromatic carbocycles. The average molecular weight is 189 g/mol. The highest BCUT2D eigenvalue weighted by Crippen LogP contribution is 2.21. The summed E-state index contributed by atoms with van der Waals surface area (Å²) in [6.07, 6.45) is 0. The molecule has 2 nitrogen and oxygen atoms in total. The summed E-state index contributed by atoms with van der Waals surface area (Å²) in [4.78, 5) is 10.5. The zero-order valence-electron chi connectivity index (χ0n) is 6.17. The predicted octanol–water partition coefficient (Wildman–Crippen LogP) is 2.15. The van der Waals surface area contributed by atoms with Crippen molar-refractivity contribution in [2.45, 2.75) is 6.92 Å². The standard InChI is InChI=1S/C7H5F2NOS/c1-4-2-3-5(10(11)12)7(9)6(4)8/h2-3H,1H3. The first-order chi connectivity index (χ1) is 5.54. The maximum atomic E-state index is 12.8. The number of hydrogen-bond donors (Lipinski definition) is 0. The Labute approximate surface area is 73.3 Å². The van der Waals surface area contributed by atoms with Gasteiger partial charge in [-0.05, 0) is 18.6 Å². The third-order valence-corrected chi connectivity index (χ3v) is 1.65. The van der Waals surface area contributed by atoms with Crippen molar-refractivity contribution in [3.63, 3.8) is 0 Å². The van der Waals surface area contributed by atoms with E-state index < -0.39 is 17.3 Å². The van der Waals surface area contributed by atoms with Gasteiger partial charge < -0.3 is 12.8 Å². The summed E-state index contributed by atoms with van der Waals surface area (Å²) < 4.78 is 25.5. The van der Waals surface area contributed by atoms with Crippen molar-refractivity contribution in [2.75, 3.05) is 0 Å². The molecule has 5 heteroatoms. The smallest absolute Gasteiger partial charge is 0.276 e. The van der Waals surface area contributed by atoms with Gasteiger partial charge in [0, 0.05) is 11.0 Å². The van der Waals surface area contributed by atoms with Crippen LogP contribution < -0.4 is 0 Å². The molecule has 0 saturated heterocycles. The Bertz CT molecular complexity index is 340. The minimum Gasteiger partial charge on any atom is -0.364 e. The van der Waals surface area contributed by atoms with Gasteiger partial charge in [0.1, 0.15) is 0 Å². The lowest BCUT2D eigenvalue weighted by Gasteiger charge is -1.99. The number of rotatable bonds is 1. The van der Waals surface area contributed by atoms with Gasteiger partial charge in [0.25, 0.3) is 5.69 Å². The van der Waals surface area contributed by atoms with Crippen molar-refractivity contribution in [3.05, 3.63) is 34.2 Å². The van der Waals surface area contributed by atoms with Crippen molar-refractivity contribution in [3.8, 4) is 0 Å². The minimum absolute atomic E-state index is 0.127. The normalized spacial score (nSPS) is 9.92. The van der Waals surface area contributed by atoms with Crippen LogP contribution in [0.4, 0.5) is 14.5 Å². The predicted molar refractivity (Wildman–Crippen MR) is 41.7 cm³/mol. The first-order valence-electron chi connectivity index (χ1n) is 3.13. The number of nitroso groups, excluding NO2 is 1. The summed E-state index contributed by atoms with van der Waals surface area (Å²) in [6, 6.07) is 2.44. The zero-order valence-corrected chi connectivity index (χ0v) is 6.99. The molecule has 0 atom stereocenters. The second kappa shape index (κ2) is 3.10. The van der Waals surface area contributed by atoms with Crippen LogP contribution in [0.3, 0.4) is 0 Å². The second-order valence-electron chi connectivity index (χ2n) is 2.29. The van der Waals surface area contributed by atoms with Crippen LogP contribution in [0.15, 0.2) is 12.1 Å². The topological polar surface area (TPSA) is 20.1 Å². The van der Waals surface area contributed by atoms with Crippen LogP contribution in [0.25, 0.3) is 0 Å². The molecule has 0 N–H and O–H groups in total. The molecule has 0 heterocycles. The summed E-state index contributed by atoms with van der Waals surface area (Å²) >= 11 is 4.11. The van der Waals surface area contributed by atoms with E-state index in [1.165, 1.54) is 13.0 Å². The number of nitrogens with zero attached hydrogens (tertiary/aromatic N) is 1. The maximum Gasteiger partial charge on any atom is 0.276 e. The molecule has 0 unspecified atom stereocenters. The Hall–Kier alpha value is -1.10. The Kier molecular flexibility index (Phi) is 2.32. The maximum absolute atomic E-state index is 12.8. The minimum atomic E-state index is -1.19. The van der Waals surface area contributed by atoms with E-state index in [1.54, 1.807) is 0 Å². The molecule has 12 heavy (non-hydrogen) atoms. The lowest BCUT2D eigenvalue weighted by atomic mass is 10.2. The van der Waals surface area contributed by atoms with Gasteiger partial charge in [0.05, 0.1) is 0 Å². The molecule has 0 aliphatic rings. The molecular formula is C7H5F2NOS. The summed E-state index contributed by atoms with van der Waals surface area (Å²) in [5, 5.41) is 0. The van der Waals surface area contributed by atoms with E-state index in [0.717, 1.165) is 6.07 Å². The SMILES string of the molecule is Cc1ccc([N+](=O)[S-])c(F)c1F. The molecule has 1 aromatic rings. The van der Waals surface area contributed by atoms with Gasteiger partial charge in [-0.1, -0.05) is 4.17 Å². The lowest BCUT2D eigenvalue weighted by molar-refractivity contribution is -0.266. The fourth-order valence-corrected chi connectivity index (χ4v) is 0.918. The molecule has 0 saturated carbocycles. The molecule has 0 fully saturated rings. The molecule has 0 amide bonds. The Morgan fingerprint density at radius 2 is 1.92 bits per heavy atom. The first kappa shape index (κ1) is 8.99. The largest absolute Gasteiger partial charge is 0.364 e. The van der Waals surface area contributed by atoms with E-state index in [-0.39, 0.29) is 9.73 Å². The van der Waals surface area contributed by atoms with Gasteiger partial charge in [0.15, 0.2) is 5.82 Å². The highest BCUT2D eigenvalue weighted by atomic mass is 32.1. The Morgan fingerprint density at radius 3 is 2.42 bits per heavy atom. The summed E-state index contributed by atoms with van der Waals surface area (Å²) in [6.45, 7) is 1.40. The van der Waals surface area contributed by atoms with Crippen molar-refractivity contribution in [2.24, 2.45) is 0 Å². The third kappa shape index (κ3) is 1.40. The number of benzene rings is 1. The molecule has 0 radical (unpaired) electrons. The van der Waals surface area contributed by atoms with Gasteiger partial charge in [-0.2, -0.15) is 4.39 Å². The van der Waals surface area contributed by atoms with Crippen molar-refractivity contribution in [1.82, 2.24) is 0 Å². The second-order valence-corrected chi connectivity index (χ2v) is 2.62. The van der Waals surface area contributed by atoms with E-state index in [1.807, 2.05) is 0 Å². The summed E-state index contributed by atoms with van der Waals surface area (Å²) in [7, 11) is 0. The van der Waals surface area contributed by atoms with E-state index in [2.05, 4.69) is 12.8 Å². The van der Waals surface area contributed by atoms with Gasteiger partial charge in [-0.25, -0.2) is 4.39 Å². The van der Waals surface area contributed by atoms with Gasteiger partial charge >= 0.3 is 0 Å². The molecule has 0 spiro atoms. The van der Waals surface area contributed by atoms with Crippen LogP contribution >= 0.6 is 0 Å². The molecular weight excluding hydrogens is 184 g/mol. The van der Waals surface area contributed by atoms with Crippen LogP contribution in [0.5, 0.6) is 0 Å². The molecule has 0 aliphatic carbocycles. The molecule has 1 rings (SSSR count). The van der Waals surface area contributed by atoms with E-state index in [4.69, 9.17) is 0 Å². The zero-order chi connectivity index (χ0) is 9.30. The monoisotopic (exact) mass is 189 g/mol. The quantitative estimate of drug-likeness (QED) is 0.498. The number of hydrogen-bond acceptors (Lipinski definition) is 2. The van der Waals surface area contributed by atoms with Crippen LogP contribution in [0, 0.1) is 23.5 Å². The van der Waals surface area contributed by atoms with Gasteiger partial charge in [-0.3, -0.25) is 0 Å². The molecule has 64 valence electrons. The van der Waals surface area contributed by atoms with E-state index in [0.29, 0.717) is 0 Å². The van der Waals surface area contributed by atoms with Crippen molar-refractivity contribution >= 4 is 18.5 Å². The van der Waals surface area contributed by atoms with Gasteiger partial charge in [0.2, 0.25) is 5.82 Å². The number of halogens is 2. The highest BCUT2D eigenvalue weighted by Gasteiger charge is 2.17. The van der Waals surface area contributed by atoms with Crippen LogP contribution in [-0.2, 0) is 12.8 Å². The Morgan fingerprint density at radius 1 is 1.33 bits per heavy atom. The van der Waals surface area contributed by atoms with Gasteiger partial charge in [-0.15, -0.1) is 0 Å². The Balaban J connectivity index is 3.36. The highest BCUT2D eigenvalue weighted by molar-refractivity contribution is 7.51. The summed E-state index contributed by atoms with van der Waals surface area (Å²) in [5.74, 6) is -2.22. The molecule has 0 bridgehead atoms. The summed E-state index contributed by atoms with van der Waals surface area (Å²) in [5.41, 5.74) is -0.318. The van der Waals surface area contributed by atoms with Crippen molar-refractivity contribution in [1.29, 1.82) is 0 Å².